The molecule has 5 aliphatic heterocycles. The lowest BCUT2D eigenvalue weighted by Crippen LogP contribution is -2.25. The molecule has 0 spiro atoms. The highest BCUT2D eigenvalue weighted by atomic mass is 35.9. The minimum Gasteiger partial charge on any atom is -0.377 e. The van der Waals surface area contributed by atoms with Gasteiger partial charge in [0, 0.05) is 26.2 Å². The zero-order valence-corrected chi connectivity index (χ0v) is 36.9. The Morgan fingerprint density at radius 2 is 0.538 bits per heavy atom. The third-order valence-electron chi connectivity index (χ3n) is 6.86. The van der Waals surface area contributed by atoms with Crippen molar-refractivity contribution in [3.05, 3.63) is 0 Å². The summed E-state index contributed by atoms with van der Waals surface area (Å²) in [5.74, 6) is -6.64. The molecule has 5 heterocycles. The Hall–Kier alpha value is 1.98. The first-order chi connectivity index (χ1) is 25.1. The summed E-state index contributed by atoms with van der Waals surface area (Å²) in [5, 5.41) is 13.7. The Morgan fingerprint density at radius 3 is 0.808 bits per heavy atom. The molecule has 4 N–H and O–H groups in total. The molecule has 304 valence electrons. The van der Waals surface area contributed by atoms with Crippen LogP contribution < -0.4 is 20.3 Å². The van der Waals surface area contributed by atoms with E-state index in [1.54, 1.807) is 0 Å². The standard InChI is InChI=1S/C22H48Cl4N10O10P6/c23-47(24)31-49-27-3-1-4-28-50-32-48(25,26)34-52(36-50,46-22-18-42-14-10-38-8-12-40-16-20-44-50)30-6-2-5-29-51(33-47,35-49)45-21-17-41-13-9-37-7-11-39-15-19-43-49/h27-30H,1-22H2. The van der Waals surface area contributed by atoms with Crippen molar-refractivity contribution in [3.8, 4) is 0 Å². The van der Waals surface area contributed by atoms with Crippen LogP contribution in [0.15, 0.2) is 27.1 Å². The van der Waals surface area contributed by atoms with Crippen molar-refractivity contribution in [2.45, 2.75) is 12.8 Å². The molecule has 0 fully saturated rings. The monoisotopic (exact) mass is 938 g/mol. The van der Waals surface area contributed by atoms with Gasteiger partial charge < -0.3 is 46.5 Å². The van der Waals surface area contributed by atoms with Crippen LogP contribution in [-0.2, 0) is 46.5 Å². The highest BCUT2D eigenvalue weighted by molar-refractivity contribution is 8.13. The molecule has 0 aromatic carbocycles. The third kappa shape index (κ3) is 15.3. The van der Waals surface area contributed by atoms with Gasteiger partial charge in [-0.05, 0) is 57.8 Å². The van der Waals surface area contributed by atoms with Crippen molar-refractivity contribution < 1.29 is 46.5 Å². The molecule has 5 aliphatic rings. The molecule has 0 amide bonds. The summed E-state index contributed by atoms with van der Waals surface area (Å²) in [6.07, 6.45) is 1.02. The van der Waals surface area contributed by atoms with Crippen LogP contribution in [0.5, 0.6) is 0 Å². The van der Waals surface area contributed by atoms with Crippen LogP contribution in [-0.4, -0.2) is 132 Å². The van der Waals surface area contributed by atoms with Crippen LogP contribution in [0.25, 0.3) is 0 Å². The Bertz CT molecular complexity index is 1350. The van der Waals surface area contributed by atoms with Crippen LogP contribution in [0.4, 0.5) is 0 Å². The fraction of sp³-hybridized carbons (Fsp3) is 1.00. The van der Waals surface area contributed by atoms with Gasteiger partial charge in [0.05, 0.1) is 106 Å². The molecule has 52 heavy (non-hydrogen) atoms. The Labute approximate surface area is 324 Å². The first-order valence-corrected chi connectivity index (χ1v) is 30.2. The van der Waals surface area contributed by atoms with Gasteiger partial charge in [-0.3, -0.25) is 0 Å². The maximum absolute atomic E-state index is 6.83. The van der Waals surface area contributed by atoms with Crippen LogP contribution in [0, 0.1) is 0 Å². The van der Waals surface area contributed by atoms with Crippen LogP contribution in [0.3, 0.4) is 0 Å². The second kappa shape index (κ2) is 22.4. The summed E-state index contributed by atoms with van der Waals surface area (Å²) in [6.45, 7) is 6.44. The molecule has 30 heteroatoms. The summed E-state index contributed by atoms with van der Waals surface area (Å²) in [6, 6.07) is 0. The molecular weight excluding hydrogens is 892 g/mol. The van der Waals surface area contributed by atoms with E-state index in [1.165, 1.54) is 0 Å². The third-order valence-corrected chi connectivity index (χ3v) is 27.6. The number of hydrogen-bond donors (Lipinski definition) is 4. The van der Waals surface area contributed by atoms with E-state index in [2.05, 4.69) is 20.3 Å². The second-order valence-corrected chi connectivity index (χ2v) is 30.4. The maximum atomic E-state index is 6.83. The zero-order chi connectivity index (χ0) is 36.7. The Balaban J connectivity index is 1.45. The van der Waals surface area contributed by atoms with Crippen molar-refractivity contribution in [2.75, 3.05) is 132 Å². The lowest BCUT2D eigenvalue weighted by atomic mass is 10.4. The molecule has 0 aromatic rings. The molecule has 4 atom stereocenters. The normalized spacial score (nSPS) is 37.2. The fourth-order valence-electron chi connectivity index (χ4n) is 4.71. The Kier molecular flexibility index (Phi) is 19.4. The summed E-state index contributed by atoms with van der Waals surface area (Å²) in [5.41, 5.74) is 0. The van der Waals surface area contributed by atoms with E-state index in [-0.39, 0.29) is 52.9 Å². The highest BCUT2D eigenvalue weighted by Crippen LogP contribution is 2.82. The van der Waals surface area contributed by atoms with Gasteiger partial charge >= 0.3 is 0 Å². The first-order valence-electron chi connectivity index (χ1n) is 16.7. The van der Waals surface area contributed by atoms with Crippen molar-refractivity contribution in [1.29, 1.82) is 0 Å². The molecule has 4 unspecified atom stereocenters. The predicted molar refractivity (Wildman–Crippen MR) is 209 cm³/mol. The van der Waals surface area contributed by atoms with Gasteiger partial charge in [-0.25, -0.2) is 20.3 Å². The zero-order valence-electron chi connectivity index (χ0n) is 28.5. The number of halogens is 4. The SMILES string of the molecule is ClP1(Cl)=NP23=NP(=N1)(NCCCNP14=NP(Cl)(Cl)=NP(=N1)(NCCCN2)OCCOCCOCCOCCO4)OCCOCCOCCOCCO3. The second-order valence-electron chi connectivity index (χ2n) is 11.0. The number of nitrogens with one attached hydrogen (secondary N) is 4. The quantitative estimate of drug-likeness (QED) is 0.170. The minimum absolute atomic E-state index is 0.166. The van der Waals surface area contributed by atoms with Gasteiger partial charge in [-0.15, -0.1) is 0 Å². The largest absolute Gasteiger partial charge is 0.377 e. The van der Waals surface area contributed by atoms with E-state index < -0.39 is 42.2 Å². The van der Waals surface area contributed by atoms with Crippen molar-refractivity contribution >= 4 is 87.1 Å². The van der Waals surface area contributed by atoms with Gasteiger partial charge in [0.2, 0.25) is 0 Å². The average molecular weight is 940 g/mol. The summed E-state index contributed by atoms with van der Waals surface area (Å²) in [7, 11) is -13.0. The Morgan fingerprint density at radius 1 is 0.308 bits per heavy atom. The van der Waals surface area contributed by atoms with Gasteiger partial charge in [-0.1, -0.05) is 0 Å². The van der Waals surface area contributed by atoms with Gasteiger partial charge in [0.25, 0.3) is 42.2 Å². The van der Waals surface area contributed by atoms with Crippen LogP contribution in [0.2, 0.25) is 0 Å². The van der Waals surface area contributed by atoms with Gasteiger partial charge in [-0.2, -0.15) is 27.1 Å². The van der Waals surface area contributed by atoms with Crippen LogP contribution >= 0.6 is 87.1 Å². The van der Waals surface area contributed by atoms with E-state index in [9.17, 15) is 0 Å². The van der Waals surface area contributed by atoms with Crippen molar-refractivity contribution in [1.82, 2.24) is 20.3 Å². The molecule has 0 radical (unpaired) electrons. The minimum atomic E-state index is -3.32. The van der Waals surface area contributed by atoms with Crippen molar-refractivity contribution in [2.24, 2.45) is 27.1 Å². The molecule has 0 aromatic heterocycles. The summed E-state index contributed by atoms with van der Waals surface area (Å²) in [4.78, 5) is 0. The number of hydrogen-bond acceptors (Lipinski definition) is 20. The van der Waals surface area contributed by atoms with Crippen molar-refractivity contribution in [3.63, 3.8) is 0 Å². The van der Waals surface area contributed by atoms with E-state index in [0.29, 0.717) is 91.9 Å². The molecule has 0 saturated carbocycles. The molecular formula is C22H48Cl4N10O10P6. The first kappa shape index (κ1) is 45.1. The number of ether oxygens (including phenoxy) is 6. The van der Waals surface area contributed by atoms with E-state index in [1.807, 2.05) is 0 Å². The van der Waals surface area contributed by atoms with Crippen LogP contribution in [0.1, 0.15) is 12.8 Å². The molecule has 5 rings (SSSR count). The highest BCUT2D eigenvalue weighted by Gasteiger charge is 2.40. The lowest BCUT2D eigenvalue weighted by molar-refractivity contribution is 0.00531. The predicted octanol–water partition coefficient (Wildman–Crippen LogP) is 7.99. The number of nitrogens with zero attached hydrogens (tertiary/aromatic N) is 6. The molecule has 0 saturated heterocycles. The topological polar surface area (TPSA) is 215 Å². The maximum Gasteiger partial charge on any atom is 0.280 e. The average Bonchev–Trinajstić information content (AvgIpc) is 3.06. The van der Waals surface area contributed by atoms with E-state index in [0.717, 1.165) is 0 Å². The molecule has 0 aliphatic carbocycles. The number of rotatable bonds is 0. The summed E-state index contributed by atoms with van der Waals surface area (Å²) < 4.78 is 88.4. The summed E-state index contributed by atoms with van der Waals surface area (Å²) >= 11 is 27.3. The van der Waals surface area contributed by atoms with Gasteiger partial charge in [0.1, 0.15) is 0 Å². The smallest absolute Gasteiger partial charge is 0.280 e. The van der Waals surface area contributed by atoms with Gasteiger partial charge in [0.15, 0.2) is 0 Å². The fourth-order valence-corrected chi connectivity index (χ4v) is 28.6. The molecule has 4 bridgehead atoms. The van der Waals surface area contributed by atoms with E-state index >= 15 is 0 Å². The molecule has 20 nitrogen and oxygen atoms in total. The van der Waals surface area contributed by atoms with E-state index in [4.69, 9.17) is 119 Å². The lowest BCUT2D eigenvalue weighted by Gasteiger charge is -2.33.